The SMILES string of the molecule is CC(C)N1CCOC(CN2CCC(O)C2)C1. The molecule has 0 aromatic rings. The molecule has 4 nitrogen and oxygen atoms in total. The van der Waals surface area contributed by atoms with Crippen molar-refractivity contribution < 1.29 is 9.84 Å². The van der Waals surface area contributed by atoms with E-state index in [1.165, 1.54) is 0 Å². The van der Waals surface area contributed by atoms with E-state index in [-0.39, 0.29) is 6.10 Å². The Hall–Kier alpha value is -0.160. The van der Waals surface area contributed by atoms with E-state index >= 15 is 0 Å². The lowest BCUT2D eigenvalue weighted by Crippen LogP contribution is -2.49. The molecule has 1 N–H and O–H groups in total. The molecule has 0 aromatic heterocycles. The normalized spacial score (nSPS) is 33.8. The highest BCUT2D eigenvalue weighted by atomic mass is 16.5. The number of aliphatic hydroxyl groups excluding tert-OH is 1. The highest BCUT2D eigenvalue weighted by Gasteiger charge is 2.27. The van der Waals surface area contributed by atoms with Gasteiger partial charge in [-0.3, -0.25) is 9.80 Å². The van der Waals surface area contributed by atoms with Crippen molar-refractivity contribution in [1.29, 1.82) is 0 Å². The van der Waals surface area contributed by atoms with Crippen molar-refractivity contribution in [2.45, 2.75) is 38.5 Å². The van der Waals surface area contributed by atoms with Gasteiger partial charge in [0.25, 0.3) is 0 Å². The van der Waals surface area contributed by atoms with E-state index in [1.807, 2.05) is 0 Å². The summed E-state index contributed by atoms with van der Waals surface area (Å²) in [5, 5.41) is 9.48. The monoisotopic (exact) mass is 228 g/mol. The number of β-amino-alcohol motifs (C(OH)–C–C–N with tert-alkyl or cyclic N) is 1. The van der Waals surface area contributed by atoms with Crippen molar-refractivity contribution in [3.8, 4) is 0 Å². The van der Waals surface area contributed by atoms with Crippen LogP contribution in [-0.2, 0) is 4.74 Å². The highest BCUT2D eigenvalue weighted by Crippen LogP contribution is 2.14. The Labute approximate surface area is 98.2 Å². The Balaban J connectivity index is 1.77. The summed E-state index contributed by atoms with van der Waals surface area (Å²) in [5.41, 5.74) is 0. The van der Waals surface area contributed by atoms with Gasteiger partial charge in [0.15, 0.2) is 0 Å². The Morgan fingerprint density at radius 3 is 2.75 bits per heavy atom. The lowest BCUT2D eigenvalue weighted by molar-refractivity contribution is -0.0506. The maximum absolute atomic E-state index is 9.48. The highest BCUT2D eigenvalue weighted by molar-refractivity contribution is 4.81. The topological polar surface area (TPSA) is 35.9 Å². The lowest BCUT2D eigenvalue weighted by Gasteiger charge is -2.36. The van der Waals surface area contributed by atoms with Gasteiger partial charge in [-0.2, -0.15) is 0 Å². The zero-order valence-electron chi connectivity index (χ0n) is 10.4. The third-order valence-corrected chi connectivity index (χ3v) is 3.61. The van der Waals surface area contributed by atoms with Gasteiger partial charge in [0, 0.05) is 38.8 Å². The summed E-state index contributed by atoms with van der Waals surface area (Å²) in [7, 11) is 0. The summed E-state index contributed by atoms with van der Waals surface area (Å²) in [4.78, 5) is 4.79. The van der Waals surface area contributed by atoms with Gasteiger partial charge in [0.1, 0.15) is 0 Å². The van der Waals surface area contributed by atoms with Crippen LogP contribution in [-0.4, -0.2) is 72.5 Å². The van der Waals surface area contributed by atoms with E-state index in [1.54, 1.807) is 0 Å². The van der Waals surface area contributed by atoms with Crippen LogP contribution in [0.15, 0.2) is 0 Å². The number of morpholine rings is 1. The van der Waals surface area contributed by atoms with Gasteiger partial charge in [0.05, 0.1) is 18.8 Å². The predicted octanol–water partition coefficient (Wildman–Crippen LogP) is 0.162. The molecular formula is C12H24N2O2. The number of ether oxygens (including phenoxy) is 1. The molecule has 2 aliphatic rings. The van der Waals surface area contributed by atoms with E-state index in [4.69, 9.17) is 4.74 Å². The molecule has 0 radical (unpaired) electrons. The molecule has 0 saturated carbocycles. The number of aliphatic hydroxyl groups is 1. The molecule has 0 bridgehead atoms. The zero-order chi connectivity index (χ0) is 11.5. The molecule has 2 atom stereocenters. The second kappa shape index (κ2) is 5.45. The molecule has 2 unspecified atom stereocenters. The van der Waals surface area contributed by atoms with Crippen molar-refractivity contribution in [2.75, 3.05) is 39.3 Å². The molecule has 4 heteroatoms. The van der Waals surface area contributed by atoms with Crippen LogP contribution >= 0.6 is 0 Å². The molecule has 2 aliphatic heterocycles. The third kappa shape index (κ3) is 3.17. The number of hydrogen-bond donors (Lipinski definition) is 1. The van der Waals surface area contributed by atoms with Crippen LogP contribution in [0, 0.1) is 0 Å². The molecule has 2 rings (SSSR count). The van der Waals surface area contributed by atoms with E-state index < -0.39 is 0 Å². The van der Waals surface area contributed by atoms with Gasteiger partial charge in [-0.25, -0.2) is 0 Å². The van der Waals surface area contributed by atoms with Gasteiger partial charge >= 0.3 is 0 Å². The van der Waals surface area contributed by atoms with Gasteiger partial charge in [-0.1, -0.05) is 0 Å². The van der Waals surface area contributed by atoms with Crippen LogP contribution in [0.5, 0.6) is 0 Å². The van der Waals surface area contributed by atoms with Crippen molar-refractivity contribution in [3.05, 3.63) is 0 Å². The summed E-state index contributed by atoms with van der Waals surface area (Å²) in [6.07, 6.45) is 1.12. The average molecular weight is 228 g/mol. The molecule has 2 heterocycles. The summed E-state index contributed by atoms with van der Waals surface area (Å²) in [6, 6.07) is 0.607. The minimum atomic E-state index is -0.121. The minimum Gasteiger partial charge on any atom is -0.392 e. The molecule has 0 aromatic carbocycles. The molecule has 94 valence electrons. The van der Waals surface area contributed by atoms with E-state index in [2.05, 4.69) is 23.6 Å². The van der Waals surface area contributed by atoms with E-state index in [0.717, 1.165) is 45.8 Å². The van der Waals surface area contributed by atoms with Crippen LogP contribution in [0.2, 0.25) is 0 Å². The van der Waals surface area contributed by atoms with Crippen molar-refractivity contribution in [2.24, 2.45) is 0 Å². The fourth-order valence-electron chi connectivity index (χ4n) is 2.59. The molecule has 2 saturated heterocycles. The number of hydrogen-bond acceptors (Lipinski definition) is 4. The first kappa shape index (κ1) is 12.3. The van der Waals surface area contributed by atoms with Crippen LogP contribution in [0.1, 0.15) is 20.3 Å². The Morgan fingerprint density at radius 1 is 1.31 bits per heavy atom. The van der Waals surface area contributed by atoms with Crippen LogP contribution in [0.25, 0.3) is 0 Å². The maximum Gasteiger partial charge on any atom is 0.0829 e. The Bertz CT molecular complexity index is 223. The Kier molecular flexibility index (Phi) is 4.19. The maximum atomic E-state index is 9.48. The lowest BCUT2D eigenvalue weighted by atomic mass is 10.2. The standard InChI is InChI=1S/C12H24N2O2/c1-10(2)14-5-6-16-12(9-14)8-13-4-3-11(15)7-13/h10-12,15H,3-9H2,1-2H3. The van der Waals surface area contributed by atoms with Gasteiger partial charge in [0.2, 0.25) is 0 Å². The first-order chi connectivity index (χ1) is 7.65. The molecule has 0 amide bonds. The second-order valence-corrected chi connectivity index (χ2v) is 5.28. The first-order valence-corrected chi connectivity index (χ1v) is 6.41. The fraction of sp³-hybridized carbons (Fsp3) is 1.00. The summed E-state index contributed by atoms with van der Waals surface area (Å²) >= 11 is 0. The summed E-state index contributed by atoms with van der Waals surface area (Å²) in [5.74, 6) is 0. The summed E-state index contributed by atoms with van der Waals surface area (Å²) < 4.78 is 5.79. The second-order valence-electron chi connectivity index (χ2n) is 5.28. The smallest absolute Gasteiger partial charge is 0.0829 e. The fourth-order valence-corrected chi connectivity index (χ4v) is 2.59. The van der Waals surface area contributed by atoms with E-state index in [9.17, 15) is 5.11 Å². The zero-order valence-corrected chi connectivity index (χ0v) is 10.4. The van der Waals surface area contributed by atoms with Gasteiger partial charge in [-0.05, 0) is 20.3 Å². The minimum absolute atomic E-state index is 0.121. The first-order valence-electron chi connectivity index (χ1n) is 6.41. The van der Waals surface area contributed by atoms with Gasteiger partial charge < -0.3 is 9.84 Å². The Morgan fingerprint density at radius 2 is 2.12 bits per heavy atom. The van der Waals surface area contributed by atoms with Gasteiger partial charge in [-0.15, -0.1) is 0 Å². The average Bonchev–Trinajstić information content (AvgIpc) is 2.64. The van der Waals surface area contributed by atoms with Crippen molar-refractivity contribution in [1.82, 2.24) is 9.80 Å². The molecule has 0 aliphatic carbocycles. The largest absolute Gasteiger partial charge is 0.392 e. The predicted molar refractivity (Wildman–Crippen MR) is 63.5 cm³/mol. The molecule has 0 spiro atoms. The van der Waals surface area contributed by atoms with Crippen LogP contribution in [0.3, 0.4) is 0 Å². The number of likely N-dealkylation sites (tertiary alicyclic amines) is 1. The number of nitrogens with zero attached hydrogens (tertiary/aromatic N) is 2. The molecule has 2 fully saturated rings. The van der Waals surface area contributed by atoms with Crippen molar-refractivity contribution >= 4 is 0 Å². The van der Waals surface area contributed by atoms with Crippen LogP contribution in [0.4, 0.5) is 0 Å². The van der Waals surface area contributed by atoms with Crippen molar-refractivity contribution in [3.63, 3.8) is 0 Å². The molecular weight excluding hydrogens is 204 g/mol. The van der Waals surface area contributed by atoms with Crippen LogP contribution < -0.4 is 0 Å². The van der Waals surface area contributed by atoms with E-state index in [0.29, 0.717) is 12.1 Å². The molecule has 16 heavy (non-hydrogen) atoms. The third-order valence-electron chi connectivity index (χ3n) is 3.61. The summed E-state index contributed by atoms with van der Waals surface area (Å²) in [6.45, 7) is 10.2. The quantitative estimate of drug-likeness (QED) is 0.746. The number of rotatable bonds is 3.